The predicted molar refractivity (Wildman–Crippen MR) is 73.9 cm³/mol. The number of rotatable bonds is 2. The molecule has 1 aromatic carbocycles. The first-order chi connectivity index (χ1) is 9.16. The van der Waals surface area contributed by atoms with E-state index in [0.717, 1.165) is 29.5 Å². The lowest BCUT2D eigenvalue weighted by Crippen LogP contribution is -2.32. The zero-order valence-corrected chi connectivity index (χ0v) is 11.4. The van der Waals surface area contributed by atoms with Crippen molar-refractivity contribution in [3.05, 3.63) is 34.9 Å². The van der Waals surface area contributed by atoms with Crippen molar-refractivity contribution in [2.75, 3.05) is 6.54 Å². The minimum absolute atomic E-state index is 0.00484. The Morgan fingerprint density at radius 3 is 2.95 bits per heavy atom. The molecule has 2 N–H and O–H groups in total. The maximum atomic E-state index is 11.9. The third kappa shape index (κ3) is 2.27. The largest absolute Gasteiger partial charge is 0.388 e. The lowest BCUT2D eigenvalue weighted by atomic mass is 9.86. The van der Waals surface area contributed by atoms with Crippen molar-refractivity contribution in [1.82, 2.24) is 5.32 Å². The molecule has 3 heteroatoms. The van der Waals surface area contributed by atoms with Gasteiger partial charge in [0.15, 0.2) is 0 Å². The molecule has 3 atom stereocenters. The monoisotopic (exact) mass is 259 g/mol. The van der Waals surface area contributed by atoms with Gasteiger partial charge < -0.3 is 10.4 Å². The Bertz CT molecular complexity index is 498. The first-order valence-electron chi connectivity index (χ1n) is 7.26. The summed E-state index contributed by atoms with van der Waals surface area (Å²) in [5.74, 6) is 0.902. The SMILES string of the molecule is CC1CCCC1C(O)c1ccc2c(c1)C(=O)NCC2. The second-order valence-electron chi connectivity index (χ2n) is 5.94. The third-order valence-corrected chi connectivity index (χ3v) is 4.73. The van der Waals surface area contributed by atoms with Crippen molar-refractivity contribution in [2.45, 2.75) is 38.7 Å². The number of amides is 1. The van der Waals surface area contributed by atoms with Crippen LogP contribution in [0.15, 0.2) is 18.2 Å². The van der Waals surface area contributed by atoms with Gasteiger partial charge in [-0.05, 0) is 41.9 Å². The molecular weight excluding hydrogens is 238 g/mol. The maximum Gasteiger partial charge on any atom is 0.251 e. The third-order valence-electron chi connectivity index (χ3n) is 4.73. The summed E-state index contributed by atoms with van der Waals surface area (Å²) in [6, 6.07) is 5.89. The van der Waals surface area contributed by atoms with Gasteiger partial charge in [0, 0.05) is 12.1 Å². The Kier molecular flexibility index (Phi) is 3.31. The van der Waals surface area contributed by atoms with Gasteiger partial charge in [0.25, 0.3) is 5.91 Å². The molecule has 0 bridgehead atoms. The van der Waals surface area contributed by atoms with Crippen LogP contribution in [0.2, 0.25) is 0 Å². The molecule has 2 aliphatic rings. The highest BCUT2D eigenvalue weighted by molar-refractivity contribution is 5.96. The van der Waals surface area contributed by atoms with Crippen molar-refractivity contribution < 1.29 is 9.90 Å². The van der Waals surface area contributed by atoms with Crippen LogP contribution < -0.4 is 5.32 Å². The molecule has 1 aromatic rings. The van der Waals surface area contributed by atoms with Crippen molar-refractivity contribution in [3.63, 3.8) is 0 Å². The number of hydrogen-bond donors (Lipinski definition) is 2. The number of aliphatic hydroxyl groups excluding tert-OH is 1. The van der Waals surface area contributed by atoms with E-state index in [0.29, 0.717) is 18.4 Å². The molecule has 102 valence electrons. The quantitative estimate of drug-likeness (QED) is 0.857. The number of hydrogen-bond acceptors (Lipinski definition) is 2. The highest BCUT2D eigenvalue weighted by atomic mass is 16.3. The Hall–Kier alpha value is -1.35. The van der Waals surface area contributed by atoms with Crippen LogP contribution in [0, 0.1) is 11.8 Å². The molecule has 0 spiro atoms. The van der Waals surface area contributed by atoms with Crippen LogP contribution in [0.4, 0.5) is 0 Å². The van der Waals surface area contributed by atoms with E-state index in [1.165, 1.54) is 12.8 Å². The fourth-order valence-electron chi connectivity index (χ4n) is 3.50. The molecule has 1 aliphatic carbocycles. The predicted octanol–water partition coefficient (Wildman–Crippen LogP) is 2.44. The van der Waals surface area contributed by atoms with Gasteiger partial charge >= 0.3 is 0 Å². The van der Waals surface area contributed by atoms with Gasteiger partial charge in [-0.2, -0.15) is 0 Å². The van der Waals surface area contributed by atoms with Gasteiger partial charge in [-0.15, -0.1) is 0 Å². The Morgan fingerprint density at radius 2 is 2.21 bits per heavy atom. The fraction of sp³-hybridized carbons (Fsp3) is 0.562. The summed E-state index contributed by atoms with van der Waals surface area (Å²) < 4.78 is 0. The van der Waals surface area contributed by atoms with Crippen LogP contribution in [-0.2, 0) is 6.42 Å². The Balaban J connectivity index is 1.89. The second kappa shape index (κ2) is 4.97. The molecule has 3 rings (SSSR count). The van der Waals surface area contributed by atoms with Crippen LogP contribution in [-0.4, -0.2) is 17.6 Å². The van der Waals surface area contributed by atoms with E-state index in [-0.39, 0.29) is 5.91 Å². The van der Waals surface area contributed by atoms with Crippen molar-refractivity contribution >= 4 is 5.91 Å². The molecule has 0 saturated heterocycles. The molecule has 0 aromatic heterocycles. The molecule has 3 nitrogen and oxygen atoms in total. The topological polar surface area (TPSA) is 49.3 Å². The summed E-state index contributed by atoms with van der Waals surface area (Å²) in [5, 5.41) is 13.4. The van der Waals surface area contributed by atoms with Gasteiger partial charge in [-0.3, -0.25) is 4.79 Å². The van der Waals surface area contributed by atoms with Crippen molar-refractivity contribution in [1.29, 1.82) is 0 Å². The highest BCUT2D eigenvalue weighted by Gasteiger charge is 2.31. The van der Waals surface area contributed by atoms with Gasteiger partial charge in [0.2, 0.25) is 0 Å². The van der Waals surface area contributed by atoms with Gasteiger partial charge in [-0.25, -0.2) is 0 Å². The van der Waals surface area contributed by atoms with E-state index in [1.807, 2.05) is 18.2 Å². The minimum Gasteiger partial charge on any atom is -0.388 e. The van der Waals surface area contributed by atoms with Gasteiger partial charge in [-0.1, -0.05) is 31.9 Å². The first-order valence-corrected chi connectivity index (χ1v) is 7.26. The number of fused-ring (bicyclic) bond motifs is 1. The standard InChI is InChI=1S/C16H21NO2/c1-10-3-2-4-13(10)15(18)12-6-5-11-7-8-17-16(19)14(11)9-12/h5-6,9-10,13,15,18H,2-4,7-8H2,1H3,(H,17,19). The number of benzene rings is 1. The van der Waals surface area contributed by atoms with Crippen LogP contribution in [0.25, 0.3) is 0 Å². The van der Waals surface area contributed by atoms with E-state index in [4.69, 9.17) is 0 Å². The summed E-state index contributed by atoms with van der Waals surface area (Å²) in [6.45, 7) is 2.93. The van der Waals surface area contributed by atoms with Gasteiger partial charge in [0.1, 0.15) is 0 Å². The zero-order valence-electron chi connectivity index (χ0n) is 11.4. The first kappa shape index (κ1) is 12.7. The fourth-order valence-corrected chi connectivity index (χ4v) is 3.50. The van der Waals surface area contributed by atoms with E-state index in [1.54, 1.807) is 0 Å². The lowest BCUT2D eigenvalue weighted by molar-refractivity contribution is 0.0893. The van der Waals surface area contributed by atoms with Gasteiger partial charge in [0.05, 0.1) is 6.10 Å². The van der Waals surface area contributed by atoms with E-state index >= 15 is 0 Å². The molecular formula is C16H21NO2. The Morgan fingerprint density at radius 1 is 1.37 bits per heavy atom. The summed E-state index contributed by atoms with van der Waals surface area (Å²) in [5.41, 5.74) is 2.74. The molecule has 1 saturated carbocycles. The summed E-state index contributed by atoms with van der Waals surface area (Å²) in [7, 11) is 0. The number of carbonyl (C=O) groups excluding carboxylic acids is 1. The van der Waals surface area contributed by atoms with Crippen LogP contribution in [0.3, 0.4) is 0 Å². The zero-order chi connectivity index (χ0) is 13.4. The second-order valence-corrected chi connectivity index (χ2v) is 5.94. The number of nitrogens with one attached hydrogen (secondary N) is 1. The molecule has 0 radical (unpaired) electrons. The average Bonchev–Trinajstić information content (AvgIpc) is 2.84. The summed E-state index contributed by atoms with van der Waals surface area (Å²) in [6.07, 6.45) is 3.95. The highest BCUT2D eigenvalue weighted by Crippen LogP contribution is 2.40. The number of aliphatic hydroxyl groups is 1. The minimum atomic E-state index is -0.433. The van der Waals surface area contributed by atoms with Crippen LogP contribution in [0.5, 0.6) is 0 Å². The van der Waals surface area contributed by atoms with Crippen LogP contribution >= 0.6 is 0 Å². The van der Waals surface area contributed by atoms with Crippen molar-refractivity contribution in [3.8, 4) is 0 Å². The van der Waals surface area contributed by atoms with E-state index in [9.17, 15) is 9.90 Å². The molecule has 1 amide bonds. The molecule has 3 unspecified atom stereocenters. The Labute approximate surface area is 114 Å². The van der Waals surface area contributed by atoms with E-state index < -0.39 is 6.10 Å². The molecule has 1 heterocycles. The summed E-state index contributed by atoms with van der Waals surface area (Å²) >= 11 is 0. The molecule has 19 heavy (non-hydrogen) atoms. The maximum absolute atomic E-state index is 11.9. The molecule has 1 aliphatic heterocycles. The summed E-state index contributed by atoms with van der Waals surface area (Å²) in [4.78, 5) is 11.9. The van der Waals surface area contributed by atoms with E-state index in [2.05, 4.69) is 12.2 Å². The van der Waals surface area contributed by atoms with Crippen LogP contribution in [0.1, 0.15) is 53.8 Å². The lowest BCUT2D eigenvalue weighted by Gasteiger charge is -2.24. The number of carbonyl (C=O) groups is 1. The molecule has 1 fully saturated rings. The average molecular weight is 259 g/mol. The van der Waals surface area contributed by atoms with Crippen molar-refractivity contribution in [2.24, 2.45) is 11.8 Å². The smallest absolute Gasteiger partial charge is 0.251 e. The normalized spacial score (nSPS) is 27.8.